The van der Waals surface area contributed by atoms with E-state index in [1.165, 1.54) is 0 Å². The Morgan fingerprint density at radius 3 is 2.74 bits per heavy atom. The first kappa shape index (κ1) is 12.7. The van der Waals surface area contributed by atoms with E-state index in [-0.39, 0.29) is 5.56 Å². The molecular weight excluding hydrogens is 242 g/mol. The molecule has 2 aromatic carbocycles. The topological polar surface area (TPSA) is 86.1 Å². The van der Waals surface area contributed by atoms with Gasteiger partial charge in [-0.1, -0.05) is 35.5 Å². The van der Waals surface area contributed by atoms with Gasteiger partial charge in [-0.15, -0.1) is 0 Å². The third-order valence-corrected chi connectivity index (χ3v) is 2.67. The van der Waals surface area contributed by atoms with E-state index in [1.807, 2.05) is 24.3 Å². The maximum absolute atomic E-state index is 10.9. The summed E-state index contributed by atoms with van der Waals surface area (Å²) in [6.07, 6.45) is 3.63. The predicted octanol–water partition coefficient (Wildman–Crippen LogP) is 3.86. The summed E-state index contributed by atoms with van der Waals surface area (Å²) in [5.74, 6) is -0.930. The zero-order chi connectivity index (χ0) is 13.7. The molecule has 0 heterocycles. The number of hydrogen-bond donors (Lipinski definition) is 1. The number of carboxylic acid groups (broad SMARTS) is 1. The van der Waals surface area contributed by atoms with Crippen LogP contribution in [0, 0.1) is 0 Å². The molecule has 0 aromatic heterocycles. The Bertz CT molecular complexity index is 701. The fourth-order valence-corrected chi connectivity index (χ4v) is 1.77. The summed E-state index contributed by atoms with van der Waals surface area (Å²) in [5.41, 5.74) is 9.40. The summed E-state index contributed by atoms with van der Waals surface area (Å²) in [6.45, 7) is 0.312. The summed E-state index contributed by atoms with van der Waals surface area (Å²) >= 11 is 0. The van der Waals surface area contributed by atoms with Crippen LogP contribution in [-0.2, 0) is 0 Å². The molecule has 0 aliphatic carbocycles. The molecule has 5 nitrogen and oxygen atoms in total. The first-order chi connectivity index (χ1) is 9.20. The lowest BCUT2D eigenvalue weighted by atomic mass is 10.0. The average Bonchev–Trinajstić information content (AvgIpc) is 2.43. The van der Waals surface area contributed by atoms with Gasteiger partial charge in [0.2, 0.25) is 0 Å². The van der Waals surface area contributed by atoms with Gasteiger partial charge in [0.1, 0.15) is 0 Å². The third-order valence-electron chi connectivity index (χ3n) is 2.67. The van der Waals surface area contributed by atoms with Crippen LogP contribution in [0.5, 0.6) is 0 Å². The van der Waals surface area contributed by atoms with Crippen molar-refractivity contribution in [2.45, 2.75) is 0 Å². The lowest BCUT2D eigenvalue weighted by molar-refractivity contribution is 0.0697. The number of carbonyl (C=O) groups is 1. The lowest BCUT2D eigenvalue weighted by Crippen LogP contribution is -1.95. The van der Waals surface area contributed by atoms with Gasteiger partial charge in [0.05, 0.1) is 5.56 Å². The zero-order valence-corrected chi connectivity index (χ0v) is 10.0. The SMILES string of the molecule is [N-]=[N+]=NCC=Cc1ccc2cc(C(=O)O)ccc2c1. The Balaban J connectivity index is 2.31. The molecule has 0 aliphatic rings. The van der Waals surface area contributed by atoms with Gasteiger partial charge in [0, 0.05) is 11.5 Å². The smallest absolute Gasteiger partial charge is 0.335 e. The summed E-state index contributed by atoms with van der Waals surface area (Å²) in [4.78, 5) is 13.5. The predicted molar refractivity (Wildman–Crippen MR) is 74.0 cm³/mol. The molecule has 0 amide bonds. The van der Waals surface area contributed by atoms with Gasteiger partial charge < -0.3 is 5.11 Å². The second kappa shape index (κ2) is 5.71. The van der Waals surface area contributed by atoms with Gasteiger partial charge in [-0.3, -0.25) is 0 Å². The first-order valence-electron chi connectivity index (χ1n) is 5.65. The van der Waals surface area contributed by atoms with Gasteiger partial charge in [0.15, 0.2) is 0 Å². The Morgan fingerprint density at radius 2 is 2.00 bits per heavy atom. The second-order valence-corrected chi connectivity index (χ2v) is 3.94. The Kier molecular flexibility index (Phi) is 3.81. The molecule has 19 heavy (non-hydrogen) atoms. The van der Waals surface area contributed by atoms with Crippen molar-refractivity contribution >= 4 is 22.8 Å². The molecule has 0 saturated heterocycles. The number of fused-ring (bicyclic) bond motifs is 1. The number of nitrogens with zero attached hydrogens (tertiary/aromatic N) is 3. The van der Waals surface area contributed by atoms with E-state index in [4.69, 9.17) is 10.6 Å². The van der Waals surface area contributed by atoms with E-state index < -0.39 is 5.97 Å². The lowest BCUT2D eigenvalue weighted by Gasteiger charge is -2.01. The van der Waals surface area contributed by atoms with Crippen molar-refractivity contribution in [3.63, 3.8) is 0 Å². The fourth-order valence-electron chi connectivity index (χ4n) is 1.77. The molecule has 0 fully saturated rings. The number of benzene rings is 2. The minimum absolute atomic E-state index is 0.277. The van der Waals surface area contributed by atoms with Crippen LogP contribution in [0.4, 0.5) is 0 Å². The van der Waals surface area contributed by atoms with Crippen LogP contribution in [0.3, 0.4) is 0 Å². The highest BCUT2D eigenvalue weighted by Gasteiger charge is 2.03. The Hall–Kier alpha value is -2.78. The quantitative estimate of drug-likeness (QED) is 0.509. The summed E-state index contributed by atoms with van der Waals surface area (Å²) in [6, 6.07) is 10.7. The third kappa shape index (κ3) is 3.12. The molecule has 0 atom stereocenters. The van der Waals surface area contributed by atoms with Crippen LogP contribution in [0.1, 0.15) is 15.9 Å². The standard InChI is InChI=1S/C14H11N3O2/c15-17-16-7-1-2-10-3-4-12-9-13(14(18)19)6-5-11(12)8-10/h1-6,8-9H,7H2,(H,18,19). The van der Waals surface area contributed by atoms with Crippen LogP contribution in [0.25, 0.3) is 27.3 Å². The van der Waals surface area contributed by atoms with Gasteiger partial charge >= 0.3 is 5.97 Å². The monoisotopic (exact) mass is 253 g/mol. The molecule has 0 aliphatic heterocycles. The van der Waals surface area contributed by atoms with E-state index in [0.29, 0.717) is 6.54 Å². The second-order valence-electron chi connectivity index (χ2n) is 3.94. The van der Waals surface area contributed by atoms with Crippen molar-refractivity contribution in [1.82, 2.24) is 0 Å². The number of rotatable bonds is 4. The minimum Gasteiger partial charge on any atom is -0.478 e. The molecule has 2 aromatic rings. The van der Waals surface area contributed by atoms with Crippen molar-refractivity contribution in [2.75, 3.05) is 6.54 Å². The molecule has 0 radical (unpaired) electrons. The van der Waals surface area contributed by atoms with E-state index in [9.17, 15) is 4.79 Å². The molecule has 94 valence electrons. The van der Waals surface area contributed by atoms with E-state index in [0.717, 1.165) is 16.3 Å². The highest BCUT2D eigenvalue weighted by Crippen LogP contribution is 2.18. The molecule has 0 spiro atoms. The maximum atomic E-state index is 10.9. The van der Waals surface area contributed by atoms with Crippen molar-refractivity contribution in [3.8, 4) is 0 Å². The van der Waals surface area contributed by atoms with E-state index in [1.54, 1.807) is 24.3 Å². The molecule has 2 rings (SSSR count). The summed E-state index contributed by atoms with van der Waals surface area (Å²) in [7, 11) is 0. The highest BCUT2D eigenvalue weighted by atomic mass is 16.4. The van der Waals surface area contributed by atoms with Crippen LogP contribution in [-0.4, -0.2) is 17.6 Å². The molecule has 0 saturated carbocycles. The van der Waals surface area contributed by atoms with Crippen LogP contribution < -0.4 is 0 Å². The van der Waals surface area contributed by atoms with E-state index in [2.05, 4.69) is 10.0 Å². The minimum atomic E-state index is -0.930. The average molecular weight is 253 g/mol. The van der Waals surface area contributed by atoms with Crippen molar-refractivity contribution in [2.24, 2.45) is 5.11 Å². The van der Waals surface area contributed by atoms with Gasteiger partial charge in [-0.05, 0) is 40.1 Å². The highest BCUT2D eigenvalue weighted by molar-refractivity contribution is 5.94. The molecule has 1 N–H and O–H groups in total. The summed E-state index contributed by atoms with van der Waals surface area (Å²) < 4.78 is 0. The molecule has 5 heteroatoms. The number of aromatic carboxylic acids is 1. The van der Waals surface area contributed by atoms with Crippen LogP contribution >= 0.6 is 0 Å². The van der Waals surface area contributed by atoms with Crippen LogP contribution in [0.2, 0.25) is 0 Å². The van der Waals surface area contributed by atoms with Crippen molar-refractivity contribution in [3.05, 3.63) is 64.0 Å². The number of hydrogen-bond acceptors (Lipinski definition) is 2. The van der Waals surface area contributed by atoms with E-state index >= 15 is 0 Å². The zero-order valence-electron chi connectivity index (χ0n) is 10.0. The van der Waals surface area contributed by atoms with Crippen molar-refractivity contribution < 1.29 is 9.90 Å². The largest absolute Gasteiger partial charge is 0.478 e. The Morgan fingerprint density at radius 1 is 1.26 bits per heavy atom. The fraction of sp³-hybridized carbons (Fsp3) is 0.0714. The van der Waals surface area contributed by atoms with Crippen molar-refractivity contribution in [1.29, 1.82) is 0 Å². The van der Waals surface area contributed by atoms with Gasteiger partial charge in [0.25, 0.3) is 0 Å². The van der Waals surface area contributed by atoms with Gasteiger partial charge in [-0.25, -0.2) is 4.79 Å². The Labute approximate surface area is 109 Å². The maximum Gasteiger partial charge on any atom is 0.335 e. The number of carboxylic acids is 1. The number of azide groups is 1. The normalized spacial score (nSPS) is 10.5. The first-order valence-corrected chi connectivity index (χ1v) is 5.65. The molecule has 0 unspecified atom stereocenters. The molecular formula is C14H11N3O2. The molecule has 0 bridgehead atoms. The summed E-state index contributed by atoms with van der Waals surface area (Å²) in [5, 5.41) is 14.2. The van der Waals surface area contributed by atoms with Crippen LogP contribution in [0.15, 0.2) is 47.6 Å². The van der Waals surface area contributed by atoms with Gasteiger partial charge in [-0.2, -0.15) is 0 Å².